The van der Waals surface area contributed by atoms with Crippen LogP contribution < -0.4 is 12.5 Å². The predicted octanol–water partition coefficient (Wildman–Crippen LogP) is 4.32. The minimum atomic E-state index is -5.18. The van der Waals surface area contributed by atoms with Gasteiger partial charge in [0.05, 0.1) is 0 Å². The molecule has 17 heteroatoms. The molecule has 4 aromatic rings. The fraction of sp³-hybridized carbons (Fsp3) is 0.107. The highest BCUT2D eigenvalue weighted by molar-refractivity contribution is 7.88. The molecule has 4 aromatic carbocycles. The van der Waals surface area contributed by atoms with Crippen molar-refractivity contribution < 1.29 is 50.5 Å². The predicted molar refractivity (Wildman–Crippen MR) is 161 cm³/mol. The molecule has 13 nitrogen and oxygen atoms in total. The van der Waals surface area contributed by atoms with Crippen LogP contribution >= 0.6 is 0 Å². The molecule has 238 valence electrons. The molecule has 0 aromatic heterocycles. The Morgan fingerprint density at radius 1 is 0.533 bits per heavy atom. The lowest BCUT2D eigenvalue weighted by atomic mass is 10.2. The third kappa shape index (κ3) is 7.99. The monoisotopic (exact) mass is 695 g/mol. The molecule has 0 amide bonds. The van der Waals surface area contributed by atoms with E-state index in [-0.39, 0.29) is 9.79 Å². The first-order chi connectivity index (χ1) is 21.0. The van der Waals surface area contributed by atoms with Gasteiger partial charge < -0.3 is 12.5 Å². The lowest BCUT2D eigenvalue weighted by Gasteiger charge is -2.15. The van der Waals surface area contributed by atoms with Gasteiger partial charge in [-0.05, 0) is 69.3 Å². The molecular weight excluding hydrogens is 671 g/mol. The highest BCUT2D eigenvalue weighted by Crippen LogP contribution is 2.35. The number of para-hydroxylation sites is 1. The van der Waals surface area contributed by atoms with Crippen molar-refractivity contribution in [1.82, 2.24) is 0 Å². The molecule has 0 heterocycles. The Balaban J connectivity index is 1.82. The van der Waals surface area contributed by atoms with Gasteiger partial charge in [0.2, 0.25) is 0 Å². The molecule has 45 heavy (non-hydrogen) atoms. The largest absolute Gasteiger partial charge is 0.379 e. The van der Waals surface area contributed by atoms with Gasteiger partial charge in [0.15, 0.2) is 21.3 Å². The smallest absolute Gasteiger partial charge is 0.362 e. The minimum Gasteiger partial charge on any atom is -0.379 e. The zero-order valence-corrected chi connectivity index (χ0v) is 27.0. The summed E-state index contributed by atoms with van der Waals surface area (Å²) in [6.07, 6.45) is 1.03. The van der Waals surface area contributed by atoms with Gasteiger partial charge in [-0.3, -0.25) is 4.28 Å². The maximum absolute atomic E-state index is 13.6. The zero-order valence-electron chi connectivity index (χ0n) is 23.7. The highest BCUT2D eigenvalue weighted by atomic mass is 32.2. The average molecular weight is 696 g/mol. The van der Waals surface area contributed by atoms with Gasteiger partial charge in [0, 0.05) is 12.3 Å². The van der Waals surface area contributed by atoms with Crippen molar-refractivity contribution in [2.45, 2.75) is 40.4 Å². The number of hydrogen-bond acceptors (Lipinski definition) is 13. The molecule has 0 aliphatic carbocycles. The summed E-state index contributed by atoms with van der Waals surface area (Å²) < 4.78 is 124. The summed E-state index contributed by atoms with van der Waals surface area (Å²) in [6, 6.07) is 18.0. The molecule has 0 aliphatic heterocycles. The van der Waals surface area contributed by atoms with Crippen LogP contribution in [0, 0.1) is 13.8 Å². The first kappa shape index (κ1) is 33.4. The molecule has 0 saturated heterocycles. The Morgan fingerprint density at radius 3 is 1.58 bits per heavy atom. The maximum atomic E-state index is 13.6. The molecule has 0 saturated carbocycles. The summed E-state index contributed by atoms with van der Waals surface area (Å²) in [5, 5.41) is 3.20. The van der Waals surface area contributed by atoms with Gasteiger partial charge in [-0.2, -0.15) is 33.7 Å². The van der Waals surface area contributed by atoms with Crippen molar-refractivity contribution in [1.29, 1.82) is 0 Å². The standard InChI is InChI=1S/C28H25NO12S4/c1-4-29-41-45(36,37)27-8-6-5-7-25(27)40-44(34,35)28-19-22(38-42(30,31)23-14-9-20(2)10-15-23)13-18-26(28)39-43(32,33)24-16-11-21(3)12-17-24/h4-19H,1-3H3. The number of rotatable bonds is 12. The van der Waals surface area contributed by atoms with Crippen molar-refractivity contribution in [3.05, 3.63) is 102 Å². The van der Waals surface area contributed by atoms with Crippen LogP contribution in [0.5, 0.6) is 17.2 Å². The fourth-order valence-corrected chi connectivity index (χ4v) is 7.53. The second-order valence-corrected chi connectivity index (χ2v) is 15.3. The number of nitrogens with zero attached hydrogens (tertiary/aromatic N) is 1. The molecule has 0 unspecified atom stereocenters. The van der Waals surface area contributed by atoms with E-state index in [1.165, 1.54) is 67.6 Å². The Hall–Kier alpha value is -4.45. The van der Waals surface area contributed by atoms with Gasteiger partial charge in [-0.25, -0.2) is 0 Å². The topological polar surface area (TPSA) is 186 Å². The zero-order chi connectivity index (χ0) is 33.0. The fourth-order valence-electron chi connectivity index (χ4n) is 3.58. The summed E-state index contributed by atoms with van der Waals surface area (Å²) in [6.45, 7) is 4.84. The van der Waals surface area contributed by atoms with Crippen molar-refractivity contribution in [2.75, 3.05) is 0 Å². The molecule has 0 fully saturated rings. The van der Waals surface area contributed by atoms with Crippen LogP contribution in [0.3, 0.4) is 0 Å². The van der Waals surface area contributed by atoms with E-state index < -0.39 is 67.5 Å². The Morgan fingerprint density at radius 2 is 1.02 bits per heavy atom. The van der Waals surface area contributed by atoms with Crippen LogP contribution in [0.1, 0.15) is 18.1 Å². The maximum Gasteiger partial charge on any atom is 0.362 e. The first-order valence-corrected chi connectivity index (χ1v) is 18.3. The molecule has 4 rings (SSSR count). The molecule has 0 atom stereocenters. The van der Waals surface area contributed by atoms with Gasteiger partial charge in [0.1, 0.15) is 15.5 Å². The van der Waals surface area contributed by atoms with E-state index in [1.54, 1.807) is 13.8 Å². The first-order valence-electron chi connectivity index (χ1n) is 12.7. The lowest BCUT2D eigenvalue weighted by molar-refractivity contribution is 0.339. The van der Waals surface area contributed by atoms with E-state index in [9.17, 15) is 33.7 Å². The van der Waals surface area contributed by atoms with E-state index in [0.717, 1.165) is 41.6 Å². The van der Waals surface area contributed by atoms with Crippen LogP contribution in [-0.2, 0) is 44.8 Å². The normalized spacial score (nSPS) is 12.5. The van der Waals surface area contributed by atoms with E-state index in [2.05, 4.69) is 9.44 Å². The van der Waals surface area contributed by atoms with Crippen molar-refractivity contribution in [2.24, 2.45) is 5.16 Å². The molecule has 0 spiro atoms. The molecule has 0 radical (unpaired) electrons. The summed E-state index contributed by atoms with van der Waals surface area (Å²) >= 11 is 0. The van der Waals surface area contributed by atoms with Crippen molar-refractivity contribution >= 4 is 46.7 Å². The number of oxime groups is 1. The number of aryl methyl sites for hydroxylation is 2. The van der Waals surface area contributed by atoms with Gasteiger partial charge in [-0.15, -0.1) is 0 Å². The second-order valence-electron chi connectivity index (χ2n) is 9.19. The summed E-state index contributed by atoms with van der Waals surface area (Å²) in [4.78, 5) is -2.30. The third-order valence-corrected chi connectivity index (χ3v) is 10.7. The average Bonchev–Trinajstić information content (AvgIpc) is 2.97. The van der Waals surface area contributed by atoms with E-state index in [1.807, 2.05) is 0 Å². The van der Waals surface area contributed by atoms with Crippen LogP contribution in [-0.4, -0.2) is 39.9 Å². The Kier molecular flexibility index (Phi) is 9.57. The van der Waals surface area contributed by atoms with E-state index >= 15 is 0 Å². The van der Waals surface area contributed by atoms with Gasteiger partial charge in [-0.1, -0.05) is 52.7 Å². The van der Waals surface area contributed by atoms with Gasteiger partial charge in [0.25, 0.3) is 0 Å². The lowest BCUT2D eigenvalue weighted by Crippen LogP contribution is -2.17. The quantitative estimate of drug-likeness (QED) is 0.116. The minimum absolute atomic E-state index is 0.245. The molecule has 0 bridgehead atoms. The molecular formula is C28H25NO12S4. The van der Waals surface area contributed by atoms with Crippen LogP contribution in [0.2, 0.25) is 0 Å². The third-order valence-electron chi connectivity index (χ3n) is 5.77. The number of hydrogen-bond donors (Lipinski definition) is 0. The number of benzene rings is 4. The second kappa shape index (κ2) is 12.9. The Labute approximate surface area is 261 Å². The summed E-state index contributed by atoms with van der Waals surface area (Å²) in [7, 11) is -19.0. The van der Waals surface area contributed by atoms with E-state index in [0.29, 0.717) is 6.07 Å². The van der Waals surface area contributed by atoms with Crippen LogP contribution in [0.4, 0.5) is 0 Å². The van der Waals surface area contributed by atoms with Gasteiger partial charge >= 0.3 is 40.5 Å². The summed E-state index contributed by atoms with van der Waals surface area (Å²) in [5.41, 5.74) is 1.51. The Bertz CT molecular complexity index is 2180. The molecule has 0 aliphatic rings. The highest BCUT2D eigenvalue weighted by Gasteiger charge is 2.31. The molecule has 0 N–H and O–H groups in total. The van der Waals surface area contributed by atoms with Crippen molar-refractivity contribution in [3.63, 3.8) is 0 Å². The van der Waals surface area contributed by atoms with Crippen LogP contribution in [0.25, 0.3) is 0 Å². The van der Waals surface area contributed by atoms with Crippen LogP contribution in [0.15, 0.2) is 116 Å². The van der Waals surface area contributed by atoms with E-state index in [4.69, 9.17) is 12.5 Å². The SMILES string of the molecule is CC=NOS(=O)(=O)c1ccccc1OS(=O)(=O)c1cc(OS(=O)(=O)c2ccc(C)cc2)ccc1OS(=O)(=O)c1ccc(C)cc1. The summed E-state index contributed by atoms with van der Waals surface area (Å²) in [5.74, 6) is -2.10. The van der Waals surface area contributed by atoms with Crippen molar-refractivity contribution in [3.8, 4) is 17.2 Å².